The second kappa shape index (κ2) is 4.63. The molecule has 0 aliphatic rings. The van der Waals surface area contributed by atoms with Gasteiger partial charge in [-0.15, -0.1) is 0 Å². The van der Waals surface area contributed by atoms with Gasteiger partial charge in [-0.05, 0) is 24.1 Å². The maximum atomic E-state index is 10.7. The molecule has 1 rings (SSSR count). The lowest BCUT2D eigenvalue weighted by atomic mass is 10.0. The van der Waals surface area contributed by atoms with Crippen LogP contribution in [0.1, 0.15) is 12.5 Å². The predicted molar refractivity (Wildman–Crippen MR) is 56.8 cm³/mol. The largest absolute Gasteiger partial charge is 0.481 e. The third-order valence-electron chi connectivity index (χ3n) is 2.18. The molecule has 1 aromatic rings. The van der Waals surface area contributed by atoms with Crippen molar-refractivity contribution in [1.29, 1.82) is 0 Å². The minimum Gasteiger partial charge on any atom is -0.481 e. The lowest BCUT2D eigenvalue weighted by Crippen LogP contribution is -2.12. The first kappa shape index (κ1) is 12.7. The SMILES string of the molecule is C[C@@H](Cc1ccc(S(=O)(=O)O)cc1)C(=O)O. The normalized spacial score (nSPS) is 13.4. The summed E-state index contributed by atoms with van der Waals surface area (Å²) in [5, 5.41) is 8.69. The molecule has 6 heteroatoms. The van der Waals surface area contributed by atoms with Crippen molar-refractivity contribution in [3.05, 3.63) is 29.8 Å². The number of benzene rings is 1. The summed E-state index contributed by atoms with van der Waals surface area (Å²) >= 11 is 0. The van der Waals surface area contributed by atoms with Gasteiger partial charge in [-0.1, -0.05) is 19.1 Å². The van der Waals surface area contributed by atoms with E-state index in [1.807, 2.05) is 0 Å². The molecule has 0 saturated heterocycles. The first-order valence-electron chi connectivity index (χ1n) is 4.60. The maximum absolute atomic E-state index is 10.7. The van der Waals surface area contributed by atoms with Gasteiger partial charge in [-0.25, -0.2) is 0 Å². The molecule has 1 atom stereocenters. The monoisotopic (exact) mass is 244 g/mol. The molecule has 0 aliphatic carbocycles. The van der Waals surface area contributed by atoms with Crippen LogP contribution >= 0.6 is 0 Å². The molecule has 0 saturated carbocycles. The van der Waals surface area contributed by atoms with Crippen LogP contribution in [0.15, 0.2) is 29.2 Å². The van der Waals surface area contributed by atoms with E-state index in [0.29, 0.717) is 12.0 Å². The number of hydrogen-bond acceptors (Lipinski definition) is 3. The molecular formula is C10H12O5S. The predicted octanol–water partition coefficient (Wildman–Crippen LogP) is 1.20. The molecule has 0 aliphatic heterocycles. The Hall–Kier alpha value is -1.40. The molecule has 5 nitrogen and oxygen atoms in total. The summed E-state index contributed by atoms with van der Waals surface area (Å²) in [6.45, 7) is 1.57. The zero-order valence-electron chi connectivity index (χ0n) is 8.62. The van der Waals surface area contributed by atoms with Crippen LogP contribution in [0.5, 0.6) is 0 Å². The highest BCUT2D eigenvalue weighted by molar-refractivity contribution is 7.85. The number of rotatable bonds is 4. The molecule has 0 spiro atoms. The Bertz CT molecular complexity index is 474. The van der Waals surface area contributed by atoms with E-state index in [0.717, 1.165) is 0 Å². The van der Waals surface area contributed by atoms with Gasteiger partial charge in [0.2, 0.25) is 0 Å². The van der Waals surface area contributed by atoms with E-state index in [-0.39, 0.29) is 4.90 Å². The summed E-state index contributed by atoms with van der Waals surface area (Å²) < 4.78 is 30.2. The van der Waals surface area contributed by atoms with E-state index in [2.05, 4.69) is 0 Å². The average Bonchev–Trinajstić information content (AvgIpc) is 2.17. The number of aliphatic carboxylic acids is 1. The lowest BCUT2D eigenvalue weighted by Gasteiger charge is -2.06. The van der Waals surface area contributed by atoms with Crippen LogP contribution in [0, 0.1) is 5.92 Å². The minimum atomic E-state index is -4.18. The van der Waals surface area contributed by atoms with Crippen LogP contribution < -0.4 is 0 Å². The third-order valence-corrected chi connectivity index (χ3v) is 3.05. The molecule has 1 aromatic carbocycles. The average molecular weight is 244 g/mol. The molecule has 0 aromatic heterocycles. The van der Waals surface area contributed by atoms with Gasteiger partial charge in [0.05, 0.1) is 10.8 Å². The van der Waals surface area contributed by atoms with E-state index in [1.54, 1.807) is 6.92 Å². The number of carbonyl (C=O) groups is 1. The van der Waals surface area contributed by atoms with E-state index >= 15 is 0 Å². The highest BCUT2D eigenvalue weighted by atomic mass is 32.2. The summed E-state index contributed by atoms with van der Waals surface area (Å²) in [6.07, 6.45) is 0.321. The summed E-state index contributed by atoms with van der Waals surface area (Å²) in [5.41, 5.74) is 0.710. The van der Waals surface area contributed by atoms with Gasteiger partial charge in [-0.2, -0.15) is 8.42 Å². The molecule has 16 heavy (non-hydrogen) atoms. The Morgan fingerprint density at radius 3 is 2.19 bits per heavy atom. The molecule has 0 bridgehead atoms. The fourth-order valence-electron chi connectivity index (χ4n) is 1.24. The summed E-state index contributed by atoms with van der Waals surface area (Å²) in [4.78, 5) is 10.4. The molecule has 0 unspecified atom stereocenters. The van der Waals surface area contributed by atoms with Crippen molar-refractivity contribution in [3.63, 3.8) is 0 Å². The maximum Gasteiger partial charge on any atom is 0.306 e. The number of carboxylic acid groups (broad SMARTS) is 1. The topological polar surface area (TPSA) is 91.7 Å². The van der Waals surface area contributed by atoms with Crippen LogP contribution in [-0.4, -0.2) is 24.0 Å². The van der Waals surface area contributed by atoms with Gasteiger partial charge in [-0.3, -0.25) is 9.35 Å². The first-order chi connectivity index (χ1) is 7.30. The summed E-state index contributed by atoms with van der Waals surface area (Å²) in [6, 6.07) is 5.48. The Labute approximate surface area is 93.5 Å². The van der Waals surface area contributed by atoms with E-state index in [4.69, 9.17) is 9.66 Å². The fourth-order valence-corrected chi connectivity index (χ4v) is 1.72. The van der Waals surface area contributed by atoms with Crippen LogP contribution in [0.2, 0.25) is 0 Å². The summed E-state index contributed by atoms with van der Waals surface area (Å²) in [7, 11) is -4.18. The molecular weight excluding hydrogens is 232 g/mol. The van der Waals surface area contributed by atoms with Gasteiger partial charge < -0.3 is 5.11 Å². The van der Waals surface area contributed by atoms with Crippen molar-refractivity contribution >= 4 is 16.1 Å². The molecule has 0 amide bonds. The van der Waals surface area contributed by atoms with E-state index < -0.39 is 22.0 Å². The molecule has 88 valence electrons. The third kappa shape index (κ3) is 3.32. The molecule has 2 N–H and O–H groups in total. The van der Waals surface area contributed by atoms with Crippen molar-refractivity contribution < 1.29 is 22.9 Å². The Kier molecular flexibility index (Phi) is 3.66. The lowest BCUT2D eigenvalue weighted by molar-refractivity contribution is -0.141. The Morgan fingerprint density at radius 2 is 1.81 bits per heavy atom. The molecule has 0 radical (unpaired) electrons. The van der Waals surface area contributed by atoms with E-state index in [1.165, 1.54) is 24.3 Å². The van der Waals surface area contributed by atoms with Crippen LogP contribution in [0.3, 0.4) is 0 Å². The Balaban J connectivity index is 2.84. The van der Waals surface area contributed by atoms with Crippen molar-refractivity contribution in [1.82, 2.24) is 0 Å². The second-order valence-corrected chi connectivity index (χ2v) is 4.98. The minimum absolute atomic E-state index is 0.195. The van der Waals surface area contributed by atoms with Crippen LogP contribution in [0.25, 0.3) is 0 Å². The van der Waals surface area contributed by atoms with Crippen LogP contribution in [0.4, 0.5) is 0 Å². The van der Waals surface area contributed by atoms with Gasteiger partial charge in [0.15, 0.2) is 0 Å². The van der Waals surface area contributed by atoms with Crippen LogP contribution in [-0.2, 0) is 21.3 Å². The highest BCUT2D eigenvalue weighted by Crippen LogP contribution is 2.13. The van der Waals surface area contributed by atoms with Gasteiger partial charge >= 0.3 is 5.97 Å². The number of hydrogen-bond donors (Lipinski definition) is 2. The van der Waals surface area contributed by atoms with E-state index in [9.17, 15) is 13.2 Å². The first-order valence-corrected chi connectivity index (χ1v) is 6.04. The van der Waals surface area contributed by atoms with Crippen molar-refractivity contribution in [2.45, 2.75) is 18.2 Å². The summed E-state index contributed by atoms with van der Waals surface area (Å²) in [5.74, 6) is -1.43. The quantitative estimate of drug-likeness (QED) is 0.776. The molecule has 0 heterocycles. The smallest absolute Gasteiger partial charge is 0.306 e. The molecule has 0 fully saturated rings. The van der Waals surface area contributed by atoms with Crippen molar-refractivity contribution in [2.24, 2.45) is 5.92 Å². The fraction of sp³-hybridized carbons (Fsp3) is 0.300. The zero-order valence-corrected chi connectivity index (χ0v) is 9.44. The van der Waals surface area contributed by atoms with Gasteiger partial charge in [0, 0.05) is 0 Å². The second-order valence-electron chi connectivity index (χ2n) is 3.56. The van der Waals surface area contributed by atoms with Gasteiger partial charge in [0.1, 0.15) is 0 Å². The van der Waals surface area contributed by atoms with Crippen molar-refractivity contribution in [2.75, 3.05) is 0 Å². The zero-order chi connectivity index (χ0) is 12.3. The highest BCUT2D eigenvalue weighted by Gasteiger charge is 2.13. The standard InChI is InChI=1S/C10H12O5S/c1-7(10(11)12)6-8-2-4-9(5-3-8)16(13,14)15/h2-5,7H,6H2,1H3,(H,11,12)(H,13,14,15)/t7-/m0/s1. The van der Waals surface area contributed by atoms with Crippen molar-refractivity contribution in [3.8, 4) is 0 Å². The number of carboxylic acids is 1. The van der Waals surface area contributed by atoms with Gasteiger partial charge in [0.25, 0.3) is 10.1 Å². The Morgan fingerprint density at radius 1 is 1.31 bits per heavy atom.